The minimum Gasteiger partial charge on any atom is -0.392 e. The van der Waals surface area contributed by atoms with Crippen molar-refractivity contribution in [2.75, 3.05) is 5.32 Å². The SMILES string of the molecule is OCc1cccnc1Nc1cccc(Br)c1. The molecule has 0 spiro atoms. The highest BCUT2D eigenvalue weighted by Gasteiger charge is 2.02. The summed E-state index contributed by atoms with van der Waals surface area (Å²) in [5, 5.41) is 12.3. The number of benzene rings is 1. The Kier molecular flexibility index (Phi) is 3.54. The Morgan fingerprint density at radius 2 is 2.12 bits per heavy atom. The van der Waals surface area contributed by atoms with Crippen molar-refractivity contribution >= 4 is 27.4 Å². The second-order valence-corrected chi connectivity index (χ2v) is 4.22. The molecule has 0 saturated heterocycles. The number of anilines is 2. The van der Waals surface area contributed by atoms with Gasteiger partial charge in [0, 0.05) is 21.9 Å². The van der Waals surface area contributed by atoms with Gasteiger partial charge >= 0.3 is 0 Å². The highest BCUT2D eigenvalue weighted by Crippen LogP contribution is 2.21. The van der Waals surface area contributed by atoms with Crippen molar-refractivity contribution in [1.82, 2.24) is 4.98 Å². The molecule has 0 unspecified atom stereocenters. The van der Waals surface area contributed by atoms with Crippen LogP contribution in [0.4, 0.5) is 11.5 Å². The van der Waals surface area contributed by atoms with E-state index in [2.05, 4.69) is 26.2 Å². The van der Waals surface area contributed by atoms with Crippen LogP contribution in [-0.4, -0.2) is 10.1 Å². The van der Waals surface area contributed by atoms with E-state index in [0.717, 1.165) is 15.7 Å². The van der Waals surface area contributed by atoms with Crippen LogP contribution < -0.4 is 5.32 Å². The lowest BCUT2D eigenvalue weighted by Gasteiger charge is -2.09. The van der Waals surface area contributed by atoms with Crippen LogP contribution >= 0.6 is 15.9 Å². The molecule has 0 saturated carbocycles. The topological polar surface area (TPSA) is 45.2 Å². The fourth-order valence-electron chi connectivity index (χ4n) is 1.38. The summed E-state index contributed by atoms with van der Waals surface area (Å²) in [6.07, 6.45) is 1.69. The number of aliphatic hydroxyl groups is 1. The van der Waals surface area contributed by atoms with Crippen molar-refractivity contribution in [3.05, 3.63) is 52.6 Å². The van der Waals surface area contributed by atoms with E-state index >= 15 is 0 Å². The Labute approximate surface area is 102 Å². The molecule has 1 aromatic carbocycles. The molecule has 16 heavy (non-hydrogen) atoms. The maximum Gasteiger partial charge on any atom is 0.135 e. The minimum atomic E-state index is -0.0236. The molecule has 2 N–H and O–H groups in total. The fraction of sp³-hybridized carbons (Fsp3) is 0.0833. The number of aromatic nitrogens is 1. The van der Waals surface area contributed by atoms with Crippen LogP contribution in [0, 0.1) is 0 Å². The van der Waals surface area contributed by atoms with Gasteiger partial charge in [0.1, 0.15) is 5.82 Å². The monoisotopic (exact) mass is 278 g/mol. The molecular weight excluding hydrogens is 268 g/mol. The summed E-state index contributed by atoms with van der Waals surface area (Å²) >= 11 is 3.40. The summed E-state index contributed by atoms with van der Waals surface area (Å²) in [5.41, 5.74) is 1.71. The van der Waals surface area contributed by atoms with E-state index < -0.39 is 0 Å². The number of nitrogens with zero attached hydrogens (tertiary/aromatic N) is 1. The van der Waals surface area contributed by atoms with Crippen molar-refractivity contribution in [2.24, 2.45) is 0 Å². The van der Waals surface area contributed by atoms with E-state index in [4.69, 9.17) is 5.11 Å². The smallest absolute Gasteiger partial charge is 0.135 e. The van der Waals surface area contributed by atoms with Gasteiger partial charge < -0.3 is 10.4 Å². The van der Waals surface area contributed by atoms with Crippen LogP contribution in [0.1, 0.15) is 5.56 Å². The highest BCUT2D eigenvalue weighted by atomic mass is 79.9. The second-order valence-electron chi connectivity index (χ2n) is 3.30. The van der Waals surface area contributed by atoms with Crippen LogP contribution in [0.3, 0.4) is 0 Å². The molecule has 2 aromatic rings. The van der Waals surface area contributed by atoms with Gasteiger partial charge in [0.2, 0.25) is 0 Å². The van der Waals surface area contributed by atoms with Gasteiger partial charge in [-0.25, -0.2) is 4.98 Å². The fourth-order valence-corrected chi connectivity index (χ4v) is 1.78. The Bertz CT molecular complexity index is 488. The number of halogens is 1. The molecule has 0 fully saturated rings. The first-order valence-corrected chi connectivity index (χ1v) is 5.66. The third-order valence-corrected chi connectivity index (χ3v) is 2.64. The van der Waals surface area contributed by atoms with Crippen molar-refractivity contribution in [3.63, 3.8) is 0 Å². The number of hydrogen-bond acceptors (Lipinski definition) is 3. The third kappa shape index (κ3) is 2.59. The van der Waals surface area contributed by atoms with Gasteiger partial charge in [-0.05, 0) is 24.3 Å². The predicted octanol–water partition coefficient (Wildman–Crippen LogP) is 3.08. The van der Waals surface area contributed by atoms with Crippen LogP contribution in [0.5, 0.6) is 0 Å². The number of pyridine rings is 1. The summed E-state index contributed by atoms with van der Waals surface area (Å²) in [6, 6.07) is 11.4. The lowest BCUT2D eigenvalue weighted by molar-refractivity contribution is 0.282. The maximum absolute atomic E-state index is 9.16. The quantitative estimate of drug-likeness (QED) is 0.907. The molecule has 0 aliphatic heterocycles. The van der Waals surface area contributed by atoms with Crippen molar-refractivity contribution < 1.29 is 5.11 Å². The molecule has 0 aliphatic rings. The molecule has 1 heterocycles. The number of rotatable bonds is 3. The standard InChI is InChI=1S/C12H11BrN2O/c13-10-4-1-5-11(7-10)15-12-9(8-16)3-2-6-14-12/h1-7,16H,8H2,(H,14,15). The zero-order chi connectivity index (χ0) is 11.4. The van der Waals surface area contributed by atoms with Crippen LogP contribution in [0.25, 0.3) is 0 Å². The first-order valence-electron chi connectivity index (χ1n) is 4.87. The molecule has 4 heteroatoms. The van der Waals surface area contributed by atoms with Crippen molar-refractivity contribution in [1.29, 1.82) is 0 Å². The summed E-state index contributed by atoms with van der Waals surface area (Å²) < 4.78 is 0.999. The molecule has 82 valence electrons. The Morgan fingerprint density at radius 1 is 1.25 bits per heavy atom. The molecule has 1 aromatic heterocycles. The largest absolute Gasteiger partial charge is 0.392 e. The Morgan fingerprint density at radius 3 is 2.88 bits per heavy atom. The lowest BCUT2D eigenvalue weighted by atomic mass is 10.2. The zero-order valence-corrected chi connectivity index (χ0v) is 10.1. The van der Waals surface area contributed by atoms with Crippen molar-refractivity contribution in [2.45, 2.75) is 6.61 Å². The number of nitrogens with one attached hydrogen (secondary N) is 1. The van der Waals surface area contributed by atoms with Gasteiger partial charge in [-0.15, -0.1) is 0 Å². The highest BCUT2D eigenvalue weighted by molar-refractivity contribution is 9.10. The zero-order valence-electron chi connectivity index (χ0n) is 8.52. The van der Waals surface area contributed by atoms with Gasteiger partial charge in [-0.2, -0.15) is 0 Å². The summed E-state index contributed by atoms with van der Waals surface area (Å²) in [6.45, 7) is -0.0236. The third-order valence-electron chi connectivity index (χ3n) is 2.15. The van der Waals surface area contributed by atoms with E-state index in [1.165, 1.54) is 0 Å². The van der Waals surface area contributed by atoms with E-state index in [9.17, 15) is 0 Å². The number of aliphatic hydroxyl groups excluding tert-OH is 1. The van der Waals surface area contributed by atoms with Gasteiger partial charge in [0.25, 0.3) is 0 Å². The molecule has 0 aliphatic carbocycles. The Hall–Kier alpha value is -1.39. The van der Waals surface area contributed by atoms with E-state index in [0.29, 0.717) is 5.82 Å². The number of hydrogen-bond donors (Lipinski definition) is 2. The molecular formula is C12H11BrN2O. The summed E-state index contributed by atoms with van der Waals surface area (Å²) in [5.74, 6) is 0.683. The van der Waals surface area contributed by atoms with Gasteiger partial charge in [-0.1, -0.05) is 28.1 Å². The van der Waals surface area contributed by atoms with E-state index in [1.54, 1.807) is 12.3 Å². The first-order chi connectivity index (χ1) is 7.79. The van der Waals surface area contributed by atoms with Gasteiger partial charge in [0.15, 0.2) is 0 Å². The summed E-state index contributed by atoms with van der Waals surface area (Å²) in [7, 11) is 0. The Balaban J connectivity index is 2.26. The van der Waals surface area contributed by atoms with E-state index in [1.807, 2.05) is 30.3 Å². The normalized spacial score (nSPS) is 10.1. The molecule has 0 radical (unpaired) electrons. The van der Waals surface area contributed by atoms with Crippen molar-refractivity contribution in [3.8, 4) is 0 Å². The first kappa shape index (κ1) is 11.1. The molecule has 2 rings (SSSR count). The summed E-state index contributed by atoms with van der Waals surface area (Å²) in [4.78, 5) is 4.19. The molecule has 0 atom stereocenters. The maximum atomic E-state index is 9.16. The minimum absolute atomic E-state index is 0.0236. The second kappa shape index (κ2) is 5.09. The lowest BCUT2D eigenvalue weighted by Crippen LogP contribution is -1.98. The van der Waals surface area contributed by atoms with E-state index in [-0.39, 0.29) is 6.61 Å². The van der Waals surface area contributed by atoms with Gasteiger partial charge in [-0.3, -0.25) is 0 Å². The average molecular weight is 279 g/mol. The molecule has 0 amide bonds. The molecule has 3 nitrogen and oxygen atoms in total. The predicted molar refractivity (Wildman–Crippen MR) is 67.6 cm³/mol. The van der Waals surface area contributed by atoms with Crippen LogP contribution in [0.15, 0.2) is 47.1 Å². The average Bonchev–Trinajstić information content (AvgIpc) is 2.30. The van der Waals surface area contributed by atoms with Crippen LogP contribution in [0.2, 0.25) is 0 Å². The molecule has 0 bridgehead atoms. The van der Waals surface area contributed by atoms with Gasteiger partial charge in [0.05, 0.1) is 6.61 Å². The van der Waals surface area contributed by atoms with Crippen LogP contribution in [-0.2, 0) is 6.61 Å².